The van der Waals surface area contributed by atoms with Crippen molar-refractivity contribution < 1.29 is 22.4 Å². The fourth-order valence-electron chi connectivity index (χ4n) is 2.18. The van der Waals surface area contributed by atoms with Crippen LogP contribution in [-0.2, 0) is 12.6 Å². The topological polar surface area (TPSA) is 56.2 Å². The van der Waals surface area contributed by atoms with Gasteiger partial charge in [0.2, 0.25) is 0 Å². The summed E-state index contributed by atoms with van der Waals surface area (Å²) in [5.41, 5.74) is 5.39. The number of unbranched alkanes of at least 4 members (excludes halogenated alkanes) is 1. The molecule has 0 fully saturated rings. The molecule has 0 unspecified atom stereocenters. The monoisotopic (exact) mass is 311 g/mol. The average Bonchev–Trinajstić information content (AvgIpc) is 2.88. The van der Waals surface area contributed by atoms with Crippen molar-refractivity contribution in [2.75, 3.05) is 0 Å². The molecule has 2 N–H and O–H groups in total. The van der Waals surface area contributed by atoms with Gasteiger partial charge in [0.15, 0.2) is 5.76 Å². The predicted molar refractivity (Wildman–Crippen MR) is 76.3 cm³/mol. The van der Waals surface area contributed by atoms with E-state index in [1.807, 2.05) is 6.92 Å². The van der Waals surface area contributed by atoms with Crippen LogP contribution in [0.25, 0.3) is 11.3 Å². The van der Waals surface area contributed by atoms with Gasteiger partial charge in [-0.1, -0.05) is 25.5 Å². The van der Waals surface area contributed by atoms with Crippen LogP contribution in [0.15, 0.2) is 34.7 Å². The molecule has 0 bridgehead atoms. The van der Waals surface area contributed by atoms with E-state index in [1.54, 1.807) is 6.07 Å². The number of carbonyl (C=O) groups is 1. The summed E-state index contributed by atoms with van der Waals surface area (Å²) in [7, 11) is 0. The SMILES string of the molecule is CCCCc1cc(-c2cccc(C(F)(F)F)c2)oc1C(N)=O. The molecular formula is C16H16F3NO2. The van der Waals surface area contributed by atoms with Crippen molar-refractivity contribution in [2.24, 2.45) is 5.73 Å². The molecule has 6 heteroatoms. The van der Waals surface area contributed by atoms with Crippen LogP contribution >= 0.6 is 0 Å². The third-order valence-electron chi connectivity index (χ3n) is 3.31. The molecule has 1 amide bonds. The number of amides is 1. The van der Waals surface area contributed by atoms with Crippen LogP contribution in [0, 0.1) is 0 Å². The van der Waals surface area contributed by atoms with Crippen LogP contribution in [0.5, 0.6) is 0 Å². The van der Waals surface area contributed by atoms with Gasteiger partial charge in [-0.25, -0.2) is 0 Å². The van der Waals surface area contributed by atoms with E-state index in [0.717, 1.165) is 25.0 Å². The van der Waals surface area contributed by atoms with Crippen LogP contribution in [-0.4, -0.2) is 5.91 Å². The molecule has 1 aromatic heterocycles. The van der Waals surface area contributed by atoms with E-state index in [2.05, 4.69) is 0 Å². The summed E-state index contributed by atoms with van der Waals surface area (Å²) in [6.07, 6.45) is -2.08. The summed E-state index contributed by atoms with van der Waals surface area (Å²) >= 11 is 0. The number of hydrogen-bond acceptors (Lipinski definition) is 2. The first kappa shape index (κ1) is 16.1. The summed E-state index contributed by atoms with van der Waals surface area (Å²) in [6.45, 7) is 2.00. The summed E-state index contributed by atoms with van der Waals surface area (Å²) in [4.78, 5) is 11.4. The molecule has 2 aromatic rings. The number of rotatable bonds is 5. The largest absolute Gasteiger partial charge is 0.451 e. The van der Waals surface area contributed by atoms with Gasteiger partial charge in [-0.05, 0) is 31.0 Å². The molecule has 0 radical (unpaired) electrons. The molecule has 0 saturated carbocycles. The van der Waals surface area contributed by atoms with Crippen molar-refractivity contribution >= 4 is 5.91 Å². The van der Waals surface area contributed by atoms with Gasteiger partial charge in [-0.15, -0.1) is 0 Å². The van der Waals surface area contributed by atoms with Gasteiger partial charge < -0.3 is 10.2 Å². The molecule has 22 heavy (non-hydrogen) atoms. The van der Waals surface area contributed by atoms with E-state index in [1.165, 1.54) is 12.1 Å². The van der Waals surface area contributed by atoms with Gasteiger partial charge >= 0.3 is 6.18 Å². The molecule has 0 aliphatic heterocycles. The lowest BCUT2D eigenvalue weighted by molar-refractivity contribution is -0.137. The first-order valence-electron chi connectivity index (χ1n) is 6.93. The minimum atomic E-state index is -4.43. The van der Waals surface area contributed by atoms with Gasteiger partial charge in [-0.3, -0.25) is 4.79 Å². The van der Waals surface area contributed by atoms with E-state index in [0.29, 0.717) is 12.0 Å². The highest BCUT2D eigenvalue weighted by atomic mass is 19.4. The van der Waals surface area contributed by atoms with E-state index in [4.69, 9.17) is 10.2 Å². The second-order valence-corrected chi connectivity index (χ2v) is 5.01. The highest BCUT2D eigenvalue weighted by molar-refractivity contribution is 5.92. The number of carbonyl (C=O) groups excluding carboxylic acids is 1. The Kier molecular flexibility index (Phi) is 4.59. The second-order valence-electron chi connectivity index (χ2n) is 5.01. The molecule has 0 spiro atoms. The molecule has 0 aliphatic carbocycles. The molecule has 0 atom stereocenters. The molecule has 3 nitrogen and oxygen atoms in total. The van der Waals surface area contributed by atoms with Crippen LogP contribution in [0.4, 0.5) is 13.2 Å². The molecule has 2 rings (SSSR count). The van der Waals surface area contributed by atoms with E-state index in [-0.39, 0.29) is 17.1 Å². The first-order valence-corrected chi connectivity index (χ1v) is 6.93. The molecule has 1 heterocycles. The highest BCUT2D eigenvalue weighted by Gasteiger charge is 2.30. The van der Waals surface area contributed by atoms with Crippen molar-refractivity contribution in [3.8, 4) is 11.3 Å². The fourth-order valence-corrected chi connectivity index (χ4v) is 2.18. The number of furan rings is 1. The Morgan fingerprint density at radius 1 is 1.27 bits per heavy atom. The molecular weight excluding hydrogens is 295 g/mol. The maximum atomic E-state index is 12.8. The van der Waals surface area contributed by atoms with E-state index < -0.39 is 17.6 Å². The summed E-state index contributed by atoms with van der Waals surface area (Å²) in [5.74, 6) is -0.490. The van der Waals surface area contributed by atoms with Crippen LogP contribution in [0.3, 0.4) is 0 Å². The van der Waals surface area contributed by atoms with Crippen LogP contribution in [0.1, 0.15) is 41.4 Å². The molecule has 118 valence electrons. The summed E-state index contributed by atoms with van der Waals surface area (Å²) in [6, 6.07) is 6.37. The maximum Gasteiger partial charge on any atom is 0.416 e. The number of hydrogen-bond donors (Lipinski definition) is 1. The lowest BCUT2D eigenvalue weighted by atomic mass is 10.1. The van der Waals surface area contributed by atoms with Gasteiger partial charge in [0.25, 0.3) is 5.91 Å². The lowest BCUT2D eigenvalue weighted by Crippen LogP contribution is -2.11. The Balaban J connectivity index is 2.42. The van der Waals surface area contributed by atoms with Crippen LogP contribution in [0.2, 0.25) is 0 Å². The Morgan fingerprint density at radius 2 is 2.00 bits per heavy atom. The zero-order valence-electron chi connectivity index (χ0n) is 12.0. The fraction of sp³-hybridized carbons (Fsp3) is 0.312. The zero-order chi connectivity index (χ0) is 16.3. The zero-order valence-corrected chi connectivity index (χ0v) is 12.0. The Bertz CT molecular complexity index is 674. The van der Waals surface area contributed by atoms with Gasteiger partial charge in [0, 0.05) is 11.1 Å². The van der Waals surface area contributed by atoms with Crippen molar-refractivity contribution in [2.45, 2.75) is 32.4 Å². The smallest absolute Gasteiger partial charge is 0.416 e. The first-order chi connectivity index (χ1) is 10.3. The number of primary amides is 1. The maximum absolute atomic E-state index is 12.8. The number of nitrogens with two attached hydrogens (primary N) is 1. The standard InChI is InChI=1S/C16H16F3NO2/c1-2-3-5-11-9-13(22-14(11)15(20)21)10-6-4-7-12(8-10)16(17,18)19/h4,6-9H,2-3,5H2,1H3,(H2,20,21). The molecule has 0 aliphatic rings. The lowest BCUT2D eigenvalue weighted by Gasteiger charge is -2.07. The normalized spacial score (nSPS) is 11.6. The third kappa shape index (κ3) is 3.50. The average molecular weight is 311 g/mol. The third-order valence-corrected chi connectivity index (χ3v) is 3.31. The number of alkyl halides is 3. The number of aryl methyl sites for hydroxylation is 1. The quantitative estimate of drug-likeness (QED) is 0.889. The molecule has 0 saturated heterocycles. The minimum absolute atomic E-state index is 0.0147. The summed E-state index contributed by atoms with van der Waals surface area (Å²) < 4.78 is 43.7. The van der Waals surface area contributed by atoms with Crippen molar-refractivity contribution in [1.29, 1.82) is 0 Å². The van der Waals surface area contributed by atoms with Crippen molar-refractivity contribution in [3.63, 3.8) is 0 Å². The van der Waals surface area contributed by atoms with Gasteiger partial charge in [0.05, 0.1) is 5.56 Å². The van der Waals surface area contributed by atoms with E-state index in [9.17, 15) is 18.0 Å². The Hall–Kier alpha value is -2.24. The van der Waals surface area contributed by atoms with Crippen LogP contribution < -0.4 is 5.73 Å². The van der Waals surface area contributed by atoms with Gasteiger partial charge in [-0.2, -0.15) is 13.2 Å². The molecule has 1 aromatic carbocycles. The number of halogens is 3. The summed E-state index contributed by atoms with van der Waals surface area (Å²) in [5, 5.41) is 0. The predicted octanol–water partition coefficient (Wildman–Crippen LogP) is 4.41. The van der Waals surface area contributed by atoms with Gasteiger partial charge in [0.1, 0.15) is 5.76 Å². The second kappa shape index (κ2) is 6.25. The van der Waals surface area contributed by atoms with Crippen molar-refractivity contribution in [1.82, 2.24) is 0 Å². The number of benzene rings is 1. The highest BCUT2D eigenvalue weighted by Crippen LogP contribution is 2.33. The minimum Gasteiger partial charge on any atom is -0.451 e. The van der Waals surface area contributed by atoms with Crippen molar-refractivity contribution in [3.05, 3.63) is 47.2 Å². The Labute approximate surface area is 125 Å². The van der Waals surface area contributed by atoms with E-state index >= 15 is 0 Å². The Morgan fingerprint density at radius 3 is 2.59 bits per heavy atom.